The van der Waals surface area contributed by atoms with Crippen LogP contribution < -0.4 is 19.9 Å². The van der Waals surface area contributed by atoms with Gasteiger partial charge in [0, 0.05) is 24.2 Å². The second-order valence-corrected chi connectivity index (χ2v) is 4.43. The molecule has 0 atom stereocenters. The van der Waals surface area contributed by atoms with Gasteiger partial charge < -0.3 is 19.9 Å². The summed E-state index contributed by atoms with van der Waals surface area (Å²) in [5.41, 5.74) is 7.19. The van der Waals surface area contributed by atoms with E-state index in [1.54, 1.807) is 31.4 Å². The van der Waals surface area contributed by atoms with Gasteiger partial charge in [-0.15, -0.1) is 0 Å². The molecule has 5 heteroatoms. The highest BCUT2D eigenvalue weighted by atomic mass is 19.1. The Bertz CT molecular complexity index is 618. The fourth-order valence-electron chi connectivity index (χ4n) is 2.16. The summed E-state index contributed by atoms with van der Waals surface area (Å²) in [6.07, 6.45) is 0. The zero-order chi connectivity index (χ0) is 15.4. The molecule has 4 nitrogen and oxygen atoms in total. The Morgan fingerprint density at radius 1 is 0.952 bits per heavy atom. The van der Waals surface area contributed by atoms with Crippen molar-refractivity contribution in [2.75, 3.05) is 21.3 Å². The maximum atomic E-state index is 14.3. The number of hydrogen-bond donors (Lipinski definition) is 1. The summed E-state index contributed by atoms with van der Waals surface area (Å²) < 4.78 is 30.2. The molecule has 2 aromatic carbocycles. The van der Waals surface area contributed by atoms with Crippen LogP contribution in [-0.4, -0.2) is 21.3 Å². The summed E-state index contributed by atoms with van der Waals surface area (Å²) in [7, 11) is 4.58. The topological polar surface area (TPSA) is 53.7 Å². The molecule has 0 aliphatic carbocycles. The molecule has 0 radical (unpaired) electrons. The average molecular weight is 291 g/mol. The zero-order valence-corrected chi connectivity index (χ0v) is 12.3. The Balaban J connectivity index is 2.67. The molecule has 0 spiro atoms. The third-order valence-corrected chi connectivity index (χ3v) is 3.25. The lowest BCUT2D eigenvalue weighted by Crippen LogP contribution is -2.00. The predicted molar refractivity (Wildman–Crippen MR) is 79.4 cm³/mol. The Morgan fingerprint density at radius 3 is 2.00 bits per heavy atom. The molecule has 2 aromatic rings. The molecule has 0 heterocycles. The van der Waals surface area contributed by atoms with Crippen LogP contribution >= 0.6 is 0 Å². The summed E-state index contributed by atoms with van der Waals surface area (Å²) in [6.45, 7) is 0.286. The van der Waals surface area contributed by atoms with Gasteiger partial charge in [0.2, 0.25) is 0 Å². The first kappa shape index (κ1) is 15.1. The van der Waals surface area contributed by atoms with Gasteiger partial charge in [-0.3, -0.25) is 0 Å². The fourth-order valence-corrected chi connectivity index (χ4v) is 2.16. The van der Waals surface area contributed by atoms with E-state index < -0.39 is 0 Å². The maximum absolute atomic E-state index is 14.3. The van der Waals surface area contributed by atoms with Crippen molar-refractivity contribution in [1.82, 2.24) is 0 Å². The minimum absolute atomic E-state index is 0.286. The molecule has 0 saturated heterocycles. The van der Waals surface area contributed by atoms with Gasteiger partial charge in [0.15, 0.2) is 0 Å². The van der Waals surface area contributed by atoms with Gasteiger partial charge in [-0.05, 0) is 11.6 Å². The second-order valence-electron chi connectivity index (χ2n) is 4.43. The van der Waals surface area contributed by atoms with E-state index in [0.717, 1.165) is 5.56 Å². The number of hydrogen-bond acceptors (Lipinski definition) is 4. The summed E-state index contributed by atoms with van der Waals surface area (Å²) in [5, 5.41) is 0. The number of halogens is 1. The van der Waals surface area contributed by atoms with Crippen LogP contribution in [0.5, 0.6) is 17.2 Å². The van der Waals surface area contributed by atoms with E-state index in [9.17, 15) is 4.39 Å². The molecular formula is C16H18FNO3. The van der Waals surface area contributed by atoms with Crippen molar-refractivity contribution < 1.29 is 18.6 Å². The number of methoxy groups -OCH3 is 3. The summed E-state index contributed by atoms with van der Waals surface area (Å²) in [4.78, 5) is 0. The first-order chi connectivity index (χ1) is 10.1. The van der Waals surface area contributed by atoms with Gasteiger partial charge in [0.25, 0.3) is 0 Å². The number of nitrogens with two attached hydrogens (primary N) is 1. The van der Waals surface area contributed by atoms with E-state index in [-0.39, 0.29) is 12.4 Å². The molecule has 0 aromatic heterocycles. The van der Waals surface area contributed by atoms with Crippen molar-refractivity contribution in [3.63, 3.8) is 0 Å². The second kappa shape index (κ2) is 6.45. The zero-order valence-electron chi connectivity index (χ0n) is 12.3. The maximum Gasteiger partial charge on any atom is 0.134 e. The van der Waals surface area contributed by atoms with Crippen molar-refractivity contribution in [1.29, 1.82) is 0 Å². The minimum atomic E-state index is -0.375. The van der Waals surface area contributed by atoms with E-state index in [2.05, 4.69) is 0 Å². The number of benzene rings is 2. The van der Waals surface area contributed by atoms with E-state index in [1.165, 1.54) is 20.3 Å². The van der Waals surface area contributed by atoms with E-state index in [0.29, 0.717) is 28.4 Å². The quantitative estimate of drug-likeness (QED) is 0.920. The van der Waals surface area contributed by atoms with Crippen molar-refractivity contribution in [3.05, 3.63) is 41.7 Å². The third-order valence-electron chi connectivity index (χ3n) is 3.25. The van der Waals surface area contributed by atoms with Crippen LogP contribution in [-0.2, 0) is 6.54 Å². The molecule has 0 saturated carbocycles. The molecule has 2 rings (SSSR count). The molecule has 112 valence electrons. The van der Waals surface area contributed by atoms with Gasteiger partial charge >= 0.3 is 0 Å². The molecule has 0 unspecified atom stereocenters. The van der Waals surface area contributed by atoms with Gasteiger partial charge in [-0.2, -0.15) is 0 Å². The van der Waals surface area contributed by atoms with Crippen molar-refractivity contribution in [3.8, 4) is 28.4 Å². The lowest BCUT2D eigenvalue weighted by Gasteiger charge is -2.16. The third kappa shape index (κ3) is 2.92. The summed E-state index contributed by atoms with van der Waals surface area (Å²) in [6, 6.07) is 8.24. The Labute approximate surface area is 123 Å². The largest absolute Gasteiger partial charge is 0.496 e. The lowest BCUT2D eigenvalue weighted by molar-refractivity contribution is 0.377. The lowest BCUT2D eigenvalue weighted by atomic mass is 10.0. The molecular weight excluding hydrogens is 273 g/mol. The first-order valence-electron chi connectivity index (χ1n) is 6.43. The van der Waals surface area contributed by atoms with Gasteiger partial charge in [0.05, 0.1) is 26.9 Å². The van der Waals surface area contributed by atoms with Gasteiger partial charge in [0.1, 0.15) is 23.1 Å². The Morgan fingerprint density at radius 2 is 1.57 bits per heavy atom. The van der Waals surface area contributed by atoms with Gasteiger partial charge in [-0.1, -0.05) is 12.1 Å². The number of ether oxygens (including phenoxy) is 3. The number of rotatable bonds is 5. The highest BCUT2D eigenvalue weighted by Gasteiger charge is 2.18. The molecule has 0 amide bonds. The Kier molecular flexibility index (Phi) is 4.65. The molecule has 0 bridgehead atoms. The molecule has 0 aliphatic heterocycles. The summed E-state index contributed by atoms with van der Waals surface area (Å²) >= 11 is 0. The first-order valence-corrected chi connectivity index (χ1v) is 6.43. The molecule has 0 fully saturated rings. The van der Waals surface area contributed by atoms with Crippen LogP contribution in [0.25, 0.3) is 11.1 Å². The predicted octanol–water partition coefficient (Wildman–Crippen LogP) is 2.98. The minimum Gasteiger partial charge on any atom is -0.496 e. The van der Waals surface area contributed by atoms with E-state index in [4.69, 9.17) is 19.9 Å². The molecule has 21 heavy (non-hydrogen) atoms. The Hall–Kier alpha value is -2.27. The van der Waals surface area contributed by atoms with Crippen molar-refractivity contribution in [2.45, 2.75) is 6.54 Å². The highest BCUT2D eigenvalue weighted by molar-refractivity contribution is 5.78. The van der Waals surface area contributed by atoms with Crippen LogP contribution in [0.1, 0.15) is 5.56 Å². The average Bonchev–Trinajstić information content (AvgIpc) is 2.53. The SMILES string of the molecule is COc1cc(OC)c(-c2ccc(CN)cc2F)c(OC)c1. The molecule has 0 aliphatic rings. The van der Waals surface area contributed by atoms with Crippen LogP contribution in [0.4, 0.5) is 4.39 Å². The molecule has 2 N–H and O–H groups in total. The standard InChI is InChI=1S/C16H18FNO3/c1-19-11-7-14(20-2)16(15(8-11)21-3)12-5-4-10(9-18)6-13(12)17/h4-8H,9,18H2,1-3H3. The van der Waals surface area contributed by atoms with Crippen molar-refractivity contribution >= 4 is 0 Å². The van der Waals surface area contributed by atoms with Gasteiger partial charge in [-0.25, -0.2) is 4.39 Å². The van der Waals surface area contributed by atoms with Crippen LogP contribution in [0, 0.1) is 5.82 Å². The van der Waals surface area contributed by atoms with Crippen LogP contribution in [0.3, 0.4) is 0 Å². The van der Waals surface area contributed by atoms with Crippen LogP contribution in [0.15, 0.2) is 30.3 Å². The fraction of sp³-hybridized carbons (Fsp3) is 0.250. The van der Waals surface area contributed by atoms with E-state index >= 15 is 0 Å². The summed E-state index contributed by atoms with van der Waals surface area (Å²) in [5.74, 6) is 1.15. The smallest absolute Gasteiger partial charge is 0.134 e. The van der Waals surface area contributed by atoms with E-state index in [1.807, 2.05) is 0 Å². The van der Waals surface area contributed by atoms with Crippen LogP contribution in [0.2, 0.25) is 0 Å². The highest BCUT2D eigenvalue weighted by Crippen LogP contribution is 2.42. The van der Waals surface area contributed by atoms with Crippen molar-refractivity contribution in [2.24, 2.45) is 5.73 Å². The normalized spacial score (nSPS) is 10.3. The monoisotopic (exact) mass is 291 g/mol.